The van der Waals surface area contributed by atoms with Gasteiger partial charge >= 0.3 is 0 Å². The lowest BCUT2D eigenvalue weighted by atomic mass is 9.82. The average Bonchev–Trinajstić information content (AvgIpc) is 3.48. The van der Waals surface area contributed by atoms with Crippen molar-refractivity contribution >= 4 is 16.5 Å². The maximum absolute atomic E-state index is 5.42. The molecule has 0 N–H and O–H groups in total. The molecule has 0 bridgehead atoms. The molecular weight excluding hydrogens is 669 g/mol. The van der Waals surface area contributed by atoms with Crippen molar-refractivity contribution in [3.63, 3.8) is 0 Å². The van der Waals surface area contributed by atoms with Gasteiger partial charge in [0.15, 0.2) is 17.5 Å². The molecule has 2 aliphatic rings. The zero-order valence-electron chi connectivity index (χ0n) is 30.9. The van der Waals surface area contributed by atoms with Crippen molar-refractivity contribution in [1.29, 1.82) is 0 Å². The highest BCUT2D eigenvalue weighted by Gasteiger charge is 2.36. The molecule has 55 heavy (non-hydrogen) atoms. The van der Waals surface area contributed by atoms with Crippen LogP contribution < -0.4 is 0 Å². The van der Waals surface area contributed by atoms with Crippen molar-refractivity contribution in [2.45, 2.75) is 32.1 Å². The van der Waals surface area contributed by atoms with E-state index < -0.39 is 0 Å². The van der Waals surface area contributed by atoms with Crippen molar-refractivity contribution < 1.29 is 0 Å². The van der Waals surface area contributed by atoms with E-state index in [2.05, 4.69) is 166 Å². The normalized spacial score (nSPS) is 14.0. The Morgan fingerprint density at radius 1 is 0.455 bits per heavy atom. The first-order chi connectivity index (χ1) is 27.0. The summed E-state index contributed by atoms with van der Waals surface area (Å²) in [6.07, 6.45) is 8.29. The predicted molar refractivity (Wildman–Crippen MR) is 226 cm³/mol. The standard InChI is InChI=1S/C51H38N4/c1-51(2)44-27-13-12-26-40(44)42-30-43-41(31-46(52-47(43)32-45(42)51)38-24-14-22-36(28-38)33-16-6-3-7-17-33)37-23-15-25-39(29-37)50-54-48(34-18-8-4-9-19-34)53-49(55-50)35-20-10-5-11-21-35/h3-10,12-20,22-32H,11,21H2,1-2H3. The molecule has 0 radical (unpaired) electrons. The zero-order chi connectivity index (χ0) is 36.9. The maximum atomic E-state index is 5.42. The van der Waals surface area contributed by atoms with Gasteiger partial charge in [0.05, 0.1) is 11.2 Å². The molecule has 0 atom stereocenters. The second-order valence-electron chi connectivity index (χ2n) is 15.0. The third kappa shape index (κ3) is 5.87. The Labute approximate surface area is 321 Å². The van der Waals surface area contributed by atoms with Gasteiger partial charge in [-0.15, -0.1) is 0 Å². The Bertz CT molecular complexity index is 2830. The Morgan fingerprint density at radius 2 is 1.09 bits per heavy atom. The van der Waals surface area contributed by atoms with Crippen LogP contribution in [0.4, 0.5) is 0 Å². The Hall–Kier alpha value is -6.78. The molecular formula is C51H38N4. The van der Waals surface area contributed by atoms with E-state index in [1.54, 1.807) is 0 Å². The van der Waals surface area contributed by atoms with Crippen LogP contribution in [0.25, 0.3) is 83.9 Å². The molecule has 8 aromatic rings. The minimum absolute atomic E-state index is 0.137. The lowest BCUT2D eigenvalue weighted by Crippen LogP contribution is -2.14. The van der Waals surface area contributed by atoms with E-state index in [1.807, 2.05) is 18.2 Å². The lowest BCUT2D eigenvalue weighted by molar-refractivity contribution is 0.661. The second-order valence-corrected chi connectivity index (χ2v) is 15.0. The SMILES string of the molecule is CC1(C)c2ccccc2-c2cc3c(-c4cccc(-c5nc(C6=CC=CCC6)nc(-c6ccccc6)n5)c4)cc(-c4cccc(-c5ccccc5)c4)nc3cc21. The molecule has 0 unspecified atom stereocenters. The number of nitrogens with zero attached hydrogens (tertiary/aromatic N) is 4. The largest absolute Gasteiger partial charge is 0.248 e. The number of aromatic nitrogens is 4. The second kappa shape index (κ2) is 13.3. The van der Waals surface area contributed by atoms with Gasteiger partial charge < -0.3 is 0 Å². The van der Waals surface area contributed by atoms with Crippen LogP contribution in [0.1, 0.15) is 43.6 Å². The van der Waals surface area contributed by atoms with E-state index in [1.165, 1.54) is 27.8 Å². The van der Waals surface area contributed by atoms with Crippen LogP contribution in [-0.4, -0.2) is 19.9 Å². The highest BCUT2D eigenvalue weighted by molar-refractivity contribution is 6.02. The first kappa shape index (κ1) is 32.8. The molecule has 6 aromatic carbocycles. The molecule has 2 heterocycles. The van der Waals surface area contributed by atoms with E-state index in [0.29, 0.717) is 11.6 Å². The molecule has 262 valence electrons. The third-order valence-corrected chi connectivity index (χ3v) is 11.2. The van der Waals surface area contributed by atoms with Crippen molar-refractivity contribution in [3.05, 3.63) is 187 Å². The minimum Gasteiger partial charge on any atom is -0.248 e. The average molecular weight is 707 g/mol. The molecule has 4 nitrogen and oxygen atoms in total. The van der Waals surface area contributed by atoms with E-state index in [4.69, 9.17) is 19.9 Å². The number of benzene rings is 6. The van der Waals surface area contributed by atoms with Crippen LogP contribution >= 0.6 is 0 Å². The molecule has 0 saturated heterocycles. The van der Waals surface area contributed by atoms with Gasteiger partial charge in [-0.2, -0.15) is 0 Å². The molecule has 0 aliphatic heterocycles. The number of hydrogen-bond donors (Lipinski definition) is 0. The maximum Gasteiger partial charge on any atom is 0.164 e. The third-order valence-electron chi connectivity index (χ3n) is 11.2. The first-order valence-electron chi connectivity index (χ1n) is 19.0. The molecule has 4 heteroatoms. The minimum atomic E-state index is -0.137. The van der Waals surface area contributed by atoms with E-state index >= 15 is 0 Å². The van der Waals surface area contributed by atoms with Crippen molar-refractivity contribution in [2.24, 2.45) is 0 Å². The molecule has 0 spiro atoms. The van der Waals surface area contributed by atoms with Gasteiger partial charge in [-0.05, 0) is 93.3 Å². The number of hydrogen-bond acceptors (Lipinski definition) is 4. The summed E-state index contributed by atoms with van der Waals surface area (Å²) in [5.41, 5.74) is 15.7. The van der Waals surface area contributed by atoms with Gasteiger partial charge in [0.1, 0.15) is 0 Å². The highest BCUT2D eigenvalue weighted by atomic mass is 15.0. The molecule has 0 fully saturated rings. The van der Waals surface area contributed by atoms with Gasteiger partial charge in [-0.3, -0.25) is 0 Å². The fraction of sp³-hybridized carbons (Fsp3) is 0.0980. The summed E-state index contributed by atoms with van der Waals surface area (Å²) >= 11 is 0. The molecule has 2 aromatic heterocycles. The molecule has 0 saturated carbocycles. The zero-order valence-corrected chi connectivity index (χ0v) is 30.9. The Morgan fingerprint density at radius 3 is 1.87 bits per heavy atom. The van der Waals surface area contributed by atoms with Gasteiger partial charge in [-0.1, -0.05) is 153 Å². The van der Waals surface area contributed by atoms with Gasteiger partial charge in [0, 0.05) is 27.5 Å². The predicted octanol–water partition coefficient (Wildman–Crippen LogP) is 12.8. The van der Waals surface area contributed by atoms with Crippen LogP contribution in [0.5, 0.6) is 0 Å². The fourth-order valence-electron chi connectivity index (χ4n) is 8.28. The summed E-state index contributed by atoms with van der Waals surface area (Å²) in [6.45, 7) is 4.65. The van der Waals surface area contributed by atoms with E-state index in [9.17, 15) is 0 Å². The van der Waals surface area contributed by atoms with Gasteiger partial charge in [0.2, 0.25) is 0 Å². The summed E-state index contributed by atoms with van der Waals surface area (Å²) in [5.74, 6) is 2.06. The van der Waals surface area contributed by atoms with Crippen LogP contribution in [0.3, 0.4) is 0 Å². The number of allylic oxidation sites excluding steroid dienone is 4. The van der Waals surface area contributed by atoms with Crippen LogP contribution in [0, 0.1) is 0 Å². The molecule has 0 amide bonds. The van der Waals surface area contributed by atoms with Crippen LogP contribution in [0.15, 0.2) is 170 Å². The van der Waals surface area contributed by atoms with E-state index in [0.717, 1.165) is 74.2 Å². The van der Waals surface area contributed by atoms with Crippen molar-refractivity contribution in [2.75, 3.05) is 0 Å². The lowest BCUT2D eigenvalue weighted by Gasteiger charge is -2.22. The van der Waals surface area contributed by atoms with Crippen LogP contribution in [0.2, 0.25) is 0 Å². The summed E-state index contributed by atoms with van der Waals surface area (Å²) in [4.78, 5) is 20.6. The number of rotatable bonds is 6. The van der Waals surface area contributed by atoms with Gasteiger partial charge in [-0.25, -0.2) is 19.9 Å². The van der Waals surface area contributed by atoms with Crippen molar-refractivity contribution in [1.82, 2.24) is 19.9 Å². The Balaban J connectivity index is 1.18. The van der Waals surface area contributed by atoms with E-state index in [-0.39, 0.29) is 5.41 Å². The fourth-order valence-corrected chi connectivity index (χ4v) is 8.28. The summed E-state index contributed by atoms with van der Waals surface area (Å²) < 4.78 is 0. The van der Waals surface area contributed by atoms with Crippen LogP contribution in [-0.2, 0) is 5.41 Å². The van der Waals surface area contributed by atoms with Gasteiger partial charge in [0.25, 0.3) is 0 Å². The topological polar surface area (TPSA) is 51.6 Å². The number of fused-ring (bicyclic) bond motifs is 4. The highest BCUT2D eigenvalue weighted by Crippen LogP contribution is 2.50. The quantitative estimate of drug-likeness (QED) is 0.173. The number of pyridine rings is 1. The molecule has 10 rings (SSSR count). The monoisotopic (exact) mass is 706 g/mol. The summed E-state index contributed by atoms with van der Waals surface area (Å²) in [7, 11) is 0. The summed E-state index contributed by atoms with van der Waals surface area (Å²) in [6, 6.07) is 53.9. The molecule has 2 aliphatic carbocycles. The first-order valence-corrected chi connectivity index (χ1v) is 19.0. The summed E-state index contributed by atoms with van der Waals surface area (Å²) in [5, 5.41) is 1.12. The van der Waals surface area contributed by atoms with Crippen molar-refractivity contribution in [3.8, 4) is 67.4 Å². The smallest absolute Gasteiger partial charge is 0.164 e. The Kier molecular flexibility index (Phi) is 7.92.